The van der Waals surface area contributed by atoms with E-state index in [0.29, 0.717) is 12.1 Å². The zero-order valence-corrected chi connectivity index (χ0v) is 15.0. The fourth-order valence-corrected chi connectivity index (χ4v) is 3.30. The summed E-state index contributed by atoms with van der Waals surface area (Å²) in [5, 5.41) is 3.58. The van der Waals surface area contributed by atoms with Gasteiger partial charge in [0.15, 0.2) is 0 Å². The maximum atomic E-state index is 12.2. The van der Waals surface area contributed by atoms with E-state index in [-0.39, 0.29) is 30.5 Å². The van der Waals surface area contributed by atoms with Crippen LogP contribution in [0.1, 0.15) is 39.2 Å². The van der Waals surface area contributed by atoms with E-state index in [4.69, 9.17) is 4.74 Å². The molecule has 1 heterocycles. The zero-order chi connectivity index (χ0) is 17.1. The van der Waals surface area contributed by atoms with Crippen LogP contribution in [0.3, 0.4) is 0 Å². The number of hydrogen-bond donors (Lipinski definition) is 1. The van der Waals surface area contributed by atoms with Gasteiger partial charge in [-0.15, -0.1) is 12.4 Å². The minimum atomic E-state index is -0.324. The Balaban J connectivity index is 0.00000196. The molecule has 26 heavy (non-hydrogen) atoms. The van der Waals surface area contributed by atoms with Gasteiger partial charge in [0.25, 0.3) is 0 Å². The molecule has 0 radical (unpaired) electrons. The highest BCUT2D eigenvalue weighted by Gasteiger charge is 2.36. The molecule has 3 aromatic rings. The summed E-state index contributed by atoms with van der Waals surface area (Å²) in [5.74, 6) is -0.247. The first kappa shape index (κ1) is 18.2. The molecule has 0 amide bonds. The number of ether oxygens (including phenoxy) is 1. The highest BCUT2D eigenvalue weighted by Crippen LogP contribution is 2.39. The van der Waals surface area contributed by atoms with Gasteiger partial charge >= 0.3 is 5.97 Å². The summed E-state index contributed by atoms with van der Waals surface area (Å²) in [6.45, 7) is 0.705. The van der Waals surface area contributed by atoms with Gasteiger partial charge in [0.05, 0.1) is 11.6 Å². The number of cyclic esters (lactones) is 1. The molecule has 4 rings (SSSR count). The highest BCUT2D eigenvalue weighted by atomic mass is 35.5. The molecule has 0 aliphatic carbocycles. The van der Waals surface area contributed by atoms with Crippen LogP contribution < -0.4 is 5.32 Å². The van der Waals surface area contributed by atoms with Crippen molar-refractivity contribution in [3.63, 3.8) is 0 Å². The molecule has 2 unspecified atom stereocenters. The molecular weight excluding hydrogens is 346 g/mol. The highest BCUT2D eigenvalue weighted by molar-refractivity contribution is 5.94. The van der Waals surface area contributed by atoms with E-state index in [1.165, 1.54) is 5.56 Å². The molecule has 0 spiro atoms. The summed E-state index contributed by atoms with van der Waals surface area (Å²) < 4.78 is 5.74. The molecule has 0 saturated heterocycles. The molecule has 1 aliphatic heterocycles. The van der Waals surface area contributed by atoms with Gasteiger partial charge in [-0.05, 0) is 17.2 Å². The SMILES string of the molecule is Cl.O=C1OC(C(NCc2ccccc2)c2ccccc2)c2ccccc21. The molecule has 4 heteroatoms. The van der Waals surface area contributed by atoms with E-state index in [2.05, 4.69) is 29.6 Å². The summed E-state index contributed by atoms with van der Waals surface area (Å²) in [6, 6.07) is 27.9. The monoisotopic (exact) mass is 365 g/mol. The molecule has 2 atom stereocenters. The van der Waals surface area contributed by atoms with E-state index in [1.54, 1.807) is 0 Å². The lowest BCUT2D eigenvalue weighted by Gasteiger charge is -2.25. The van der Waals surface area contributed by atoms with Crippen LogP contribution in [0.25, 0.3) is 0 Å². The predicted molar refractivity (Wildman–Crippen MR) is 104 cm³/mol. The molecule has 0 bridgehead atoms. The largest absolute Gasteiger partial charge is 0.452 e. The maximum Gasteiger partial charge on any atom is 0.339 e. The number of halogens is 1. The van der Waals surface area contributed by atoms with Crippen molar-refractivity contribution in [3.05, 3.63) is 107 Å². The third kappa shape index (κ3) is 3.64. The molecule has 132 valence electrons. The standard InChI is InChI=1S/C22H19NO2.ClH/c24-22-19-14-8-7-13-18(19)21(25-22)20(17-11-5-2-6-12-17)23-15-16-9-3-1-4-10-16;/h1-14,20-21,23H,15H2;1H. The average Bonchev–Trinajstić information content (AvgIpc) is 3.01. The average molecular weight is 366 g/mol. The fourth-order valence-electron chi connectivity index (χ4n) is 3.30. The molecule has 3 nitrogen and oxygen atoms in total. The van der Waals surface area contributed by atoms with E-state index in [9.17, 15) is 4.79 Å². The van der Waals surface area contributed by atoms with E-state index >= 15 is 0 Å². The summed E-state index contributed by atoms with van der Waals surface area (Å²) in [5.41, 5.74) is 3.91. The van der Waals surface area contributed by atoms with Crippen LogP contribution in [-0.2, 0) is 11.3 Å². The normalized spacial score (nSPS) is 16.3. The second-order valence-corrected chi connectivity index (χ2v) is 6.17. The van der Waals surface area contributed by atoms with Crippen LogP contribution in [-0.4, -0.2) is 5.97 Å². The van der Waals surface area contributed by atoms with Crippen LogP contribution in [0.2, 0.25) is 0 Å². The molecule has 1 N–H and O–H groups in total. The van der Waals surface area contributed by atoms with Crippen molar-refractivity contribution in [3.8, 4) is 0 Å². The van der Waals surface area contributed by atoms with Crippen molar-refractivity contribution in [2.75, 3.05) is 0 Å². The molecule has 3 aromatic carbocycles. The van der Waals surface area contributed by atoms with Crippen molar-refractivity contribution >= 4 is 18.4 Å². The Morgan fingerprint density at radius 1 is 0.846 bits per heavy atom. The third-order valence-electron chi connectivity index (χ3n) is 4.55. The van der Waals surface area contributed by atoms with Gasteiger partial charge in [-0.1, -0.05) is 78.9 Å². The summed E-state index contributed by atoms with van der Waals surface area (Å²) in [6.07, 6.45) is -0.324. The first-order valence-corrected chi connectivity index (χ1v) is 8.45. The zero-order valence-electron chi connectivity index (χ0n) is 14.2. The van der Waals surface area contributed by atoms with Gasteiger partial charge in [-0.2, -0.15) is 0 Å². The maximum absolute atomic E-state index is 12.2. The van der Waals surface area contributed by atoms with Crippen LogP contribution >= 0.6 is 12.4 Å². The third-order valence-corrected chi connectivity index (χ3v) is 4.55. The van der Waals surface area contributed by atoms with Crippen molar-refractivity contribution in [2.45, 2.75) is 18.7 Å². The lowest BCUT2D eigenvalue weighted by Crippen LogP contribution is -2.27. The number of rotatable bonds is 5. The first-order valence-electron chi connectivity index (χ1n) is 8.45. The number of benzene rings is 3. The number of hydrogen-bond acceptors (Lipinski definition) is 3. The van der Waals surface area contributed by atoms with Crippen molar-refractivity contribution in [1.82, 2.24) is 5.32 Å². The van der Waals surface area contributed by atoms with Crippen molar-refractivity contribution in [1.29, 1.82) is 0 Å². The lowest BCUT2D eigenvalue weighted by molar-refractivity contribution is 0.0290. The number of esters is 1. The van der Waals surface area contributed by atoms with Crippen molar-refractivity contribution in [2.24, 2.45) is 0 Å². The Hall–Kier alpha value is -2.62. The number of nitrogens with one attached hydrogen (secondary N) is 1. The summed E-state index contributed by atoms with van der Waals surface area (Å²) in [7, 11) is 0. The second-order valence-electron chi connectivity index (χ2n) is 6.17. The van der Waals surface area contributed by atoms with Gasteiger partial charge in [-0.25, -0.2) is 4.79 Å². The molecule has 0 fully saturated rings. The van der Waals surface area contributed by atoms with Gasteiger partial charge in [0.2, 0.25) is 0 Å². The first-order chi connectivity index (χ1) is 12.3. The van der Waals surface area contributed by atoms with Gasteiger partial charge in [-0.3, -0.25) is 0 Å². The second kappa shape index (κ2) is 8.17. The van der Waals surface area contributed by atoms with Crippen LogP contribution in [0.15, 0.2) is 84.9 Å². The van der Waals surface area contributed by atoms with Gasteiger partial charge < -0.3 is 10.1 Å². The molecule has 1 aliphatic rings. The van der Waals surface area contributed by atoms with Crippen LogP contribution in [0.5, 0.6) is 0 Å². The molecule has 0 saturated carbocycles. The Bertz CT molecular complexity index is 868. The number of carbonyl (C=O) groups is 1. The predicted octanol–water partition coefficient (Wildman–Crippen LogP) is 4.85. The quantitative estimate of drug-likeness (QED) is 0.657. The fraction of sp³-hybridized carbons (Fsp3) is 0.136. The molecular formula is C22H20ClNO2. The number of carbonyl (C=O) groups excluding carboxylic acids is 1. The van der Waals surface area contributed by atoms with Crippen LogP contribution in [0, 0.1) is 0 Å². The minimum Gasteiger partial charge on any atom is -0.452 e. The Kier molecular flexibility index (Phi) is 5.71. The smallest absolute Gasteiger partial charge is 0.339 e. The van der Waals surface area contributed by atoms with E-state index in [1.807, 2.05) is 60.7 Å². The van der Waals surface area contributed by atoms with Gasteiger partial charge in [0, 0.05) is 12.1 Å². The number of fused-ring (bicyclic) bond motifs is 1. The minimum absolute atomic E-state index is 0. The molecule has 0 aromatic heterocycles. The Morgan fingerprint density at radius 3 is 2.19 bits per heavy atom. The topological polar surface area (TPSA) is 38.3 Å². The van der Waals surface area contributed by atoms with Crippen molar-refractivity contribution < 1.29 is 9.53 Å². The Labute approximate surface area is 159 Å². The summed E-state index contributed by atoms with van der Waals surface area (Å²) >= 11 is 0. The lowest BCUT2D eigenvalue weighted by atomic mass is 9.94. The summed E-state index contributed by atoms with van der Waals surface area (Å²) in [4.78, 5) is 12.2. The Morgan fingerprint density at radius 2 is 1.46 bits per heavy atom. The van der Waals surface area contributed by atoms with E-state index in [0.717, 1.165) is 11.1 Å². The van der Waals surface area contributed by atoms with Gasteiger partial charge in [0.1, 0.15) is 6.10 Å². The van der Waals surface area contributed by atoms with Crippen LogP contribution in [0.4, 0.5) is 0 Å². The van der Waals surface area contributed by atoms with E-state index < -0.39 is 0 Å².